The van der Waals surface area contributed by atoms with Crippen molar-refractivity contribution < 1.29 is 69.9 Å². The Kier molecular flexibility index (Phi) is 13.4. The van der Waals surface area contributed by atoms with E-state index in [0.29, 0.717) is 6.42 Å². The van der Waals surface area contributed by atoms with Crippen molar-refractivity contribution in [2.75, 3.05) is 33.6 Å². The molecule has 0 aliphatic carbocycles. The summed E-state index contributed by atoms with van der Waals surface area (Å²) in [4.78, 5) is 30.2. The summed E-state index contributed by atoms with van der Waals surface area (Å²) in [5, 5.41) is 0. The van der Waals surface area contributed by atoms with Crippen LogP contribution in [0.3, 0.4) is 0 Å². The highest BCUT2D eigenvalue weighted by atomic mass is 31.2. The van der Waals surface area contributed by atoms with Crippen LogP contribution >= 0.6 is 23.2 Å². The maximum absolute atomic E-state index is 13.2. The number of phosphoric ester groups is 2. The lowest BCUT2D eigenvalue weighted by Crippen LogP contribution is -2.33. The fourth-order valence-electron chi connectivity index (χ4n) is 4.55. The monoisotopic (exact) mass is 632 g/mol. The fourth-order valence-corrected chi connectivity index (χ4v) is 7.04. The number of hydrogen-bond donors (Lipinski definition) is 2. The summed E-state index contributed by atoms with van der Waals surface area (Å²) in [6.45, 7) is -1.24. The highest BCUT2D eigenvalue weighted by Crippen LogP contribution is 2.51. The molecule has 12 unspecified atom stereocenters. The maximum atomic E-state index is 13.2. The molecule has 0 amide bonds. The summed E-state index contributed by atoms with van der Waals surface area (Å²) >= 11 is 0. The molecule has 0 aromatic heterocycles. The summed E-state index contributed by atoms with van der Waals surface area (Å²) in [5.74, 6) is 0. The Labute approximate surface area is 245 Å². The van der Waals surface area contributed by atoms with Gasteiger partial charge in [-0.1, -0.05) is 0 Å². The van der Waals surface area contributed by atoms with Crippen LogP contribution in [0.4, 0.5) is 0 Å². The molecular formula is C17H29B6O15P3-. The summed E-state index contributed by atoms with van der Waals surface area (Å²) in [6, 6.07) is -2.08. The topological polar surface area (TPSA) is 198 Å². The molecule has 3 fully saturated rings. The molecule has 3 aliphatic heterocycles. The molecule has 12 atom stereocenters. The smallest absolute Gasteiger partial charge is 0.472 e. The van der Waals surface area contributed by atoms with Gasteiger partial charge in [-0.25, -0.2) is 4.57 Å². The summed E-state index contributed by atoms with van der Waals surface area (Å²) in [6.07, 6.45) is -4.89. The molecule has 221 valence electrons. The first-order valence-electron chi connectivity index (χ1n) is 12.6. The second-order valence-corrected chi connectivity index (χ2v) is 14.4. The molecule has 41 heavy (non-hydrogen) atoms. The molecule has 0 saturated carbocycles. The molecule has 0 bridgehead atoms. The average molecular weight is 631 g/mol. The van der Waals surface area contributed by atoms with Crippen molar-refractivity contribution in [3.05, 3.63) is 0 Å². The molecule has 3 heterocycles. The van der Waals surface area contributed by atoms with Crippen LogP contribution in [0.25, 0.3) is 0 Å². The van der Waals surface area contributed by atoms with E-state index < -0.39 is 97.6 Å². The fraction of sp³-hybridized carbons (Fsp3) is 1.00. The second-order valence-electron chi connectivity index (χ2n) is 9.77. The van der Waals surface area contributed by atoms with Crippen LogP contribution in [-0.4, -0.2) is 143 Å². The van der Waals surface area contributed by atoms with E-state index in [9.17, 15) is 23.5 Å². The summed E-state index contributed by atoms with van der Waals surface area (Å²) in [7, 11) is 11.6. The van der Waals surface area contributed by atoms with E-state index in [-0.39, 0.29) is 19.4 Å². The summed E-state index contributed by atoms with van der Waals surface area (Å²) < 4.78 is 84.6. The lowest BCUT2D eigenvalue weighted by molar-refractivity contribution is -0.222. The van der Waals surface area contributed by atoms with Gasteiger partial charge in [-0.15, -0.1) is 0 Å². The third-order valence-corrected chi connectivity index (χ3v) is 9.27. The zero-order valence-corrected chi connectivity index (χ0v) is 25.1. The predicted octanol–water partition coefficient (Wildman–Crippen LogP) is -2.09. The van der Waals surface area contributed by atoms with Gasteiger partial charge >= 0.3 is 15.4 Å². The van der Waals surface area contributed by atoms with Gasteiger partial charge in [-0.3, -0.25) is 18.2 Å². The predicted molar refractivity (Wildman–Crippen MR) is 146 cm³/mol. The molecule has 24 heteroatoms. The molecule has 3 aliphatic rings. The van der Waals surface area contributed by atoms with Crippen molar-refractivity contribution in [1.29, 1.82) is 0 Å². The van der Waals surface area contributed by atoms with Gasteiger partial charge in [0.15, 0.2) is 0 Å². The number of rotatable bonds is 16. The minimum Gasteiger partial charge on any atom is -0.756 e. The molecule has 3 saturated heterocycles. The standard InChI is InChI=1S/C17H30B6O15P3/c1-30-9-3-15(18)34-12(9)8-33-41(28,29)38-10-4-16(22-19)35-13(10)6-31-39(2,24)37-11-5-17(23(20)21)36-14(11)7-32-40(25,26)27/h9-17H,3-8H2,1-2H3,(H,28,29)(H2,25,26,27)/p-1. The molecule has 0 spiro atoms. The van der Waals surface area contributed by atoms with E-state index in [4.69, 9.17) is 73.0 Å². The second kappa shape index (κ2) is 15.3. The number of methoxy groups -OCH3 is 1. The quantitative estimate of drug-likeness (QED) is 0.139. The molecule has 3 rings (SSSR count). The van der Waals surface area contributed by atoms with Gasteiger partial charge in [0.2, 0.25) is 0 Å². The highest BCUT2D eigenvalue weighted by molar-refractivity contribution is 7.53. The average Bonchev–Trinajstić information content (AvgIpc) is 3.55. The van der Waals surface area contributed by atoms with E-state index in [0.717, 1.165) is 6.66 Å². The largest absolute Gasteiger partial charge is 0.756 e. The Bertz CT molecular complexity index is 995. The van der Waals surface area contributed by atoms with E-state index in [1.165, 1.54) is 14.3 Å². The van der Waals surface area contributed by atoms with Crippen LogP contribution in [-0.2, 0) is 55.3 Å². The Hall–Kier alpha value is 0.600. The molecule has 15 nitrogen and oxygen atoms in total. The van der Waals surface area contributed by atoms with Crippen molar-refractivity contribution >= 4 is 68.0 Å². The SMILES string of the molecule is [B][B]C1CC(OP(=O)(O)OCC2OC([B])CC2OC)C(COP(C)(=O)OC2CC(B([B])[B])OC2COP(=O)([O-])O)O1. The zero-order valence-electron chi connectivity index (χ0n) is 22.4. The van der Waals surface area contributed by atoms with Gasteiger partial charge in [-0.2, -0.15) is 0 Å². The minimum absolute atomic E-state index is 0.0158. The van der Waals surface area contributed by atoms with Crippen LogP contribution in [0, 0.1) is 0 Å². The maximum Gasteiger partial charge on any atom is 0.472 e. The van der Waals surface area contributed by atoms with Crippen molar-refractivity contribution in [3.63, 3.8) is 0 Å². The van der Waals surface area contributed by atoms with Gasteiger partial charge in [0.25, 0.3) is 7.82 Å². The minimum atomic E-state index is -5.08. The van der Waals surface area contributed by atoms with Crippen LogP contribution < -0.4 is 4.89 Å². The third-order valence-electron chi connectivity index (χ3n) is 6.51. The molecule has 2 N–H and O–H groups in total. The van der Waals surface area contributed by atoms with Gasteiger partial charge in [0, 0.05) is 55.0 Å². The number of phosphoric acid groups is 2. The lowest BCUT2D eigenvalue weighted by Gasteiger charge is -2.26. The van der Waals surface area contributed by atoms with E-state index in [2.05, 4.69) is 4.52 Å². The van der Waals surface area contributed by atoms with E-state index >= 15 is 0 Å². The molecular weight excluding hydrogens is 602 g/mol. The summed E-state index contributed by atoms with van der Waals surface area (Å²) in [5.41, 5.74) is 0. The van der Waals surface area contributed by atoms with Crippen LogP contribution in [0.5, 0.6) is 0 Å². The first-order valence-corrected chi connectivity index (χ1v) is 17.5. The molecule has 0 aromatic rings. The van der Waals surface area contributed by atoms with Gasteiger partial charge in [0.1, 0.15) is 26.2 Å². The number of ether oxygens (including phenoxy) is 4. The van der Waals surface area contributed by atoms with Crippen molar-refractivity contribution in [3.8, 4) is 0 Å². The van der Waals surface area contributed by atoms with Crippen molar-refractivity contribution in [2.24, 2.45) is 0 Å². The first-order chi connectivity index (χ1) is 19.0. The van der Waals surface area contributed by atoms with Gasteiger partial charge in [0.05, 0.1) is 51.8 Å². The Morgan fingerprint density at radius 2 is 1.49 bits per heavy atom. The van der Waals surface area contributed by atoms with Crippen LogP contribution in [0.2, 0.25) is 0 Å². The normalized spacial score (nSPS) is 38.2. The zero-order chi connectivity index (χ0) is 30.6. The van der Waals surface area contributed by atoms with Crippen molar-refractivity contribution in [2.45, 2.75) is 73.9 Å². The highest BCUT2D eigenvalue weighted by Gasteiger charge is 2.44. The Morgan fingerprint density at radius 3 is 2.10 bits per heavy atom. The van der Waals surface area contributed by atoms with Crippen molar-refractivity contribution in [1.82, 2.24) is 0 Å². The van der Waals surface area contributed by atoms with E-state index in [1.54, 1.807) is 0 Å². The van der Waals surface area contributed by atoms with E-state index in [1.807, 2.05) is 0 Å². The van der Waals surface area contributed by atoms with Crippen LogP contribution in [0.15, 0.2) is 0 Å². The molecule has 9 radical (unpaired) electrons. The van der Waals surface area contributed by atoms with Crippen LogP contribution in [0.1, 0.15) is 19.3 Å². The number of hydrogen-bond acceptors (Lipinski definition) is 13. The van der Waals surface area contributed by atoms with Gasteiger partial charge < -0.3 is 47.2 Å². The molecule has 0 aromatic carbocycles. The Balaban J connectivity index is 1.57. The Morgan fingerprint density at radius 1 is 0.902 bits per heavy atom. The lowest BCUT2D eigenvalue weighted by atomic mass is 9.16. The third kappa shape index (κ3) is 11.5. The first kappa shape index (κ1) is 36.1. The van der Waals surface area contributed by atoms with Gasteiger partial charge in [-0.05, 0) is 19.3 Å².